The van der Waals surface area contributed by atoms with Crippen LogP contribution in [0.1, 0.15) is 43.5 Å². The lowest BCUT2D eigenvalue weighted by atomic mass is 9.90. The average molecular weight is 277 g/mol. The van der Waals surface area contributed by atoms with E-state index in [1.54, 1.807) is 6.07 Å². The maximum Gasteiger partial charge on any atom is 0.250 e. The van der Waals surface area contributed by atoms with Gasteiger partial charge >= 0.3 is 0 Å². The molecule has 1 aromatic rings. The third kappa shape index (κ3) is 3.49. The number of hydrogen-bond acceptors (Lipinski definition) is 3. The molecule has 0 fully saturated rings. The van der Waals surface area contributed by atoms with Gasteiger partial charge in [-0.3, -0.25) is 4.79 Å². The molecule has 1 aromatic heterocycles. The Morgan fingerprint density at radius 3 is 2.90 bits per heavy atom. The molecule has 0 aromatic carbocycles. The van der Waals surface area contributed by atoms with Crippen LogP contribution in [0.4, 0.5) is 0 Å². The molecule has 1 unspecified atom stereocenters. The van der Waals surface area contributed by atoms with Crippen molar-refractivity contribution >= 4 is 0 Å². The first-order valence-electron chi connectivity index (χ1n) is 7.74. The molecule has 2 rings (SSSR count). The van der Waals surface area contributed by atoms with Crippen LogP contribution in [0.3, 0.4) is 0 Å². The average Bonchev–Trinajstić information content (AvgIpc) is 2.43. The van der Waals surface area contributed by atoms with E-state index in [2.05, 4.69) is 17.1 Å². The molecule has 1 aliphatic carbocycles. The van der Waals surface area contributed by atoms with Gasteiger partial charge in [-0.05, 0) is 51.9 Å². The summed E-state index contributed by atoms with van der Waals surface area (Å²) in [5.74, 6) is 0. The molecule has 0 bridgehead atoms. The van der Waals surface area contributed by atoms with Gasteiger partial charge in [-0.2, -0.15) is 0 Å². The molecule has 0 spiro atoms. The van der Waals surface area contributed by atoms with Crippen molar-refractivity contribution in [3.63, 3.8) is 0 Å². The highest BCUT2D eigenvalue weighted by Gasteiger charge is 2.22. The quantitative estimate of drug-likeness (QED) is 0.861. The molecule has 1 aliphatic rings. The second kappa shape index (κ2) is 7.04. The molecule has 1 heterocycles. The Morgan fingerprint density at radius 1 is 1.40 bits per heavy atom. The normalized spacial score (nSPS) is 18.3. The fourth-order valence-electron chi connectivity index (χ4n) is 2.94. The van der Waals surface area contributed by atoms with Crippen molar-refractivity contribution in [1.29, 1.82) is 0 Å². The molecule has 0 radical (unpaired) electrons. The summed E-state index contributed by atoms with van der Waals surface area (Å²) in [6.07, 6.45) is 4.52. The molecule has 1 atom stereocenters. The topological polar surface area (TPSA) is 37.3 Å². The Kier molecular flexibility index (Phi) is 5.38. The molecule has 1 N–H and O–H groups in total. The van der Waals surface area contributed by atoms with Crippen molar-refractivity contribution in [2.45, 2.75) is 45.2 Å². The molecular weight excluding hydrogens is 250 g/mol. The number of nitrogens with one attached hydrogen (secondary N) is 1. The van der Waals surface area contributed by atoms with Gasteiger partial charge in [-0.25, -0.2) is 0 Å². The summed E-state index contributed by atoms with van der Waals surface area (Å²) in [4.78, 5) is 14.3. The summed E-state index contributed by atoms with van der Waals surface area (Å²) >= 11 is 0. The van der Waals surface area contributed by atoms with Crippen LogP contribution in [0.15, 0.2) is 16.9 Å². The minimum Gasteiger partial charge on any atom is -0.311 e. The van der Waals surface area contributed by atoms with Crippen molar-refractivity contribution in [2.75, 3.05) is 27.2 Å². The van der Waals surface area contributed by atoms with Crippen LogP contribution in [0.5, 0.6) is 0 Å². The van der Waals surface area contributed by atoms with E-state index >= 15 is 0 Å². The number of pyridine rings is 1. The van der Waals surface area contributed by atoms with Crippen LogP contribution in [0, 0.1) is 0 Å². The summed E-state index contributed by atoms with van der Waals surface area (Å²) in [5.41, 5.74) is 2.73. The standard InChI is InChI=1S/C16H27N3O/c1-4-10-17-14-6-5-7-15-13(14)8-9-16(20)19(15)12-11-18(2)3/h8-9,14,17H,4-7,10-12H2,1-3H3. The second-order valence-corrected chi connectivity index (χ2v) is 5.93. The van der Waals surface area contributed by atoms with Gasteiger partial charge < -0.3 is 14.8 Å². The SMILES string of the molecule is CCCNC1CCCc2c1ccc(=O)n2CCN(C)C. The summed E-state index contributed by atoms with van der Waals surface area (Å²) in [6, 6.07) is 4.20. The molecule has 20 heavy (non-hydrogen) atoms. The van der Waals surface area contributed by atoms with E-state index in [1.807, 2.05) is 24.7 Å². The van der Waals surface area contributed by atoms with Crippen molar-refractivity contribution in [3.8, 4) is 0 Å². The molecule has 0 saturated carbocycles. The van der Waals surface area contributed by atoms with Gasteiger partial charge in [-0.1, -0.05) is 13.0 Å². The van der Waals surface area contributed by atoms with Gasteiger partial charge in [0.05, 0.1) is 0 Å². The molecule has 112 valence electrons. The van der Waals surface area contributed by atoms with E-state index < -0.39 is 0 Å². The largest absolute Gasteiger partial charge is 0.311 e. The molecular formula is C16H27N3O. The van der Waals surface area contributed by atoms with E-state index in [9.17, 15) is 4.79 Å². The highest BCUT2D eigenvalue weighted by molar-refractivity contribution is 5.27. The molecule has 0 amide bonds. The maximum absolute atomic E-state index is 12.1. The van der Waals surface area contributed by atoms with Crippen molar-refractivity contribution in [1.82, 2.24) is 14.8 Å². The van der Waals surface area contributed by atoms with E-state index in [-0.39, 0.29) is 5.56 Å². The first-order chi connectivity index (χ1) is 9.63. The minimum absolute atomic E-state index is 0.141. The maximum atomic E-state index is 12.1. The summed E-state index contributed by atoms with van der Waals surface area (Å²) in [6.45, 7) is 4.93. The van der Waals surface area contributed by atoms with Gasteiger partial charge in [0.25, 0.3) is 5.56 Å². The first-order valence-corrected chi connectivity index (χ1v) is 7.74. The predicted octanol–water partition coefficient (Wildman–Crippen LogP) is 1.79. The minimum atomic E-state index is 0.141. The van der Waals surface area contributed by atoms with Crippen molar-refractivity contribution < 1.29 is 0 Å². The van der Waals surface area contributed by atoms with Crippen molar-refractivity contribution in [2.24, 2.45) is 0 Å². The fraction of sp³-hybridized carbons (Fsp3) is 0.688. The highest BCUT2D eigenvalue weighted by atomic mass is 16.1. The molecule has 0 saturated heterocycles. The lowest BCUT2D eigenvalue weighted by Crippen LogP contribution is -2.34. The van der Waals surface area contributed by atoms with Crippen LogP contribution < -0.4 is 10.9 Å². The van der Waals surface area contributed by atoms with Crippen LogP contribution in [0.25, 0.3) is 0 Å². The van der Waals surface area contributed by atoms with Gasteiger partial charge in [0.1, 0.15) is 0 Å². The van der Waals surface area contributed by atoms with Crippen molar-refractivity contribution in [3.05, 3.63) is 33.7 Å². The van der Waals surface area contributed by atoms with Crippen LogP contribution >= 0.6 is 0 Å². The number of rotatable bonds is 6. The third-order valence-corrected chi connectivity index (χ3v) is 4.02. The third-order valence-electron chi connectivity index (χ3n) is 4.02. The van der Waals surface area contributed by atoms with Gasteiger partial charge in [0, 0.05) is 30.9 Å². The zero-order valence-electron chi connectivity index (χ0n) is 13.0. The monoisotopic (exact) mass is 277 g/mol. The highest BCUT2D eigenvalue weighted by Crippen LogP contribution is 2.28. The summed E-state index contributed by atoms with van der Waals surface area (Å²) in [5, 5.41) is 3.61. The van der Waals surface area contributed by atoms with Crippen LogP contribution in [-0.4, -0.2) is 36.7 Å². The molecule has 0 aliphatic heterocycles. The van der Waals surface area contributed by atoms with Crippen LogP contribution in [0.2, 0.25) is 0 Å². The number of hydrogen-bond donors (Lipinski definition) is 1. The van der Waals surface area contributed by atoms with Gasteiger partial charge in [-0.15, -0.1) is 0 Å². The Labute approximate surface area is 121 Å². The Morgan fingerprint density at radius 2 is 2.20 bits per heavy atom. The smallest absolute Gasteiger partial charge is 0.250 e. The fourth-order valence-corrected chi connectivity index (χ4v) is 2.94. The van der Waals surface area contributed by atoms with E-state index in [1.165, 1.54) is 24.1 Å². The number of aromatic nitrogens is 1. The summed E-state index contributed by atoms with van der Waals surface area (Å²) in [7, 11) is 4.10. The Balaban J connectivity index is 2.27. The van der Waals surface area contributed by atoms with E-state index in [0.29, 0.717) is 6.04 Å². The van der Waals surface area contributed by atoms with E-state index in [0.717, 1.165) is 32.5 Å². The summed E-state index contributed by atoms with van der Waals surface area (Å²) < 4.78 is 1.98. The van der Waals surface area contributed by atoms with Crippen LogP contribution in [-0.2, 0) is 13.0 Å². The van der Waals surface area contributed by atoms with E-state index in [4.69, 9.17) is 0 Å². The Bertz CT molecular complexity index is 493. The molecule has 4 nitrogen and oxygen atoms in total. The van der Waals surface area contributed by atoms with Gasteiger partial charge in [0.2, 0.25) is 0 Å². The molecule has 4 heteroatoms. The number of likely N-dealkylation sites (N-methyl/N-ethyl adjacent to an activating group) is 1. The lowest BCUT2D eigenvalue weighted by molar-refractivity contribution is 0.370. The Hall–Kier alpha value is -1.13. The number of nitrogens with zero attached hydrogens (tertiary/aromatic N) is 2. The zero-order valence-corrected chi connectivity index (χ0v) is 13.0. The lowest BCUT2D eigenvalue weighted by Gasteiger charge is -2.29. The predicted molar refractivity (Wildman–Crippen MR) is 83.2 cm³/mol. The first kappa shape index (κ1) is 15.3. The second-order valence-electron chi connectivity index (χ2n) is 5.93. The number of fused-ring (bicyclic) bond motifs is 1. The van der Waals surface area contributed by atoms with Gasteiger partial charge in [0.15, 0.2) is 0 Å². The zero-order chi connectivity index (χ0) is 14.5.